The molecule has 0 bridgehead atoms. The summed E-state index contributed by atoms with van der Waals surface area (Å²) in [6, 6.07) is 12.8. The molecular weight excluding hydrogens is 523 g/mol. The molecule has 5 aromatic rings. The fraction of sp³-hybridized carbons (Fsp3) is 0.290. The number of benzene rings is 2. The van der Waals surface area contributed by atoms with Gasteiger partial charge in [0.25, 0.3) is 5.56 Å². The van der Waals surface area contributed by atoms with Crippen LogP contribution in [0, 0.1) is 5.82 Å². The normalized spacial score (nSPS) is 16.9. The van der Waals surface area contributed by atoms with Gasteiger partial charge in [0.1, 0.15) is 12.4 Å². The van der Waals surface area contributed by atoms with Gasteiger partial charge in [-0.2, -0.15) is 5.10 Å². The molecule has 1 atom stereocenters. The third-order valence-corrected chi connectivity index (χ3v) is 8.01. The van der Waals surface area contributed by atoms with Crippen LogP contribution in [0.4, 0.5) is 10.2 Å². The lowest BCUT2D eigenvalue weighted by Crippen LogP contribution is -2.22. The average molecular weight is 553 g/mol. The molecular formula is C31H29FN6O3. The van der Waals surface area contributed by atoms with Gasteiger partial charge in [-0.1, -0.05) is 18.2 Å². The summed E-state index contributed by atoms with van der Waals surface area (Å²) in [5, 5.41) is 15.8. The number of aromatic nitrogens is 4. The van der Waals surface area contributed by atoms with Gasteiger partial charge in [0.2, 0.25) is 0 Å². The minimum atomic E-state index is -0.521. The third kappa shape index (κ3) is 4.63. The lowest BCUT2D eigenvalue weighted by Gasteiger charge is -2.18. The lowest BCUT2D eigenvalue weighted by atomic mass is 9.96. The van der Waals surface area contributed by atoms with Crippen molar-refractivity contribution in [3.05, 3.63) is 82.2 Å². The maximum atomic E-state index is 15.3. The second-order valence-electron chi connectivity index (χ2n) is 10.8. The molecule has 1 aliphatic heterocycles. The number of hydrogen-bond donors (Lipinski definition) is 3. The zero-order valence-corrected chi connectivity index (χ0v) is 22.5. The molecule has 2 aliphatic rings. The number of aromatic amines is 1. The van der Waals surface area contributed by atoms with Crippen molar-refractivity contribution in [1.29, 1.82) is 0 Å². The minimum absolute atomic E-state index is 0.0403. The average Bonchev–Trinajstić information content (AvgIpc) is 3.55. The number of fused-ring (bicyclic) bond motifs is 2. The number of anilines is 1. The Kier molecular flexibility index (Phi) is 6.27. The summed E-state index contributed by atoms with van der Waals surface area (Å²) < 4.78 is 22.3. The van der Waals surface area contributed by atoms with Gasteiger partial charge in [0.15, 0.2) is 11.5 Å². The Morgan fingerprint density at radius 2 is 2.02 bits per heavy atom. The summed E-state index contributed by atoms with van der Waals surface area (Å²) in [7, 11) is 0. The predicted molar refractivity (Wildman–Crippen MR) is 155 cm³/mol. The Labute approximate surface area is 234 Å². The number of ether oxygens (including phenoxy) is 1. The molecule has 0 unspecified atom stereocenters. The van der Waals surface area contributed by atoms with E-state index < -0.39 is 17.3 Å². The Morgan fingerprint density at radius 1 is 1.15 bits per heavy atom. The van der Waals surface area contributed by atoms with Crippen LogP contribution < -0.4 is 16.2 Å². The second-order valence-corrected chi connectivity index (χ2v) is 10.8. The Balaban J connectivity index is 1.40. The number of nitrogens with one attached hydrogen (secondary N) is 3. The molecule has 1 saturated carbocycles. The molecule has 7 rings (SSSR count). The second kappa shape index (κ2) is 10.1. The van der Waals surface area contributed by atoms with Crippen LogP contribution in [0.1, 0.15) is 43.2 Å². The van der Waals surface area contributed by atoms with Crippen molar-refractivity contribution >= 4 is 33.6 Å². The zero-order chi connectivity index (χ0) is 28.1. The molecule has 2 fully saturated rings. The highest BCUT2D eigenvalue weighted by molar-refractivity contribution is 6.01. The van der Waals surface area contributed by atoms with Crippen molar-refractivity contribution in [1.82, 2.24) is 25.1 Å². The van der Waals surface area contributed by atoms with Crippen molar-refractivity contribution in [2.24, 2.45) is 0 Å². The van der Waals surface area contributed by atoms with Gasteiger partial charge >= 0.3 is 5.97 Å². The van der Waals surface area contributed by atoms with E-state index in [-0.39, 0.29) is 18.0 Å². The van der Waals surface area contributed by atoms with Gasteiger partial charge < -0.3 is 15.4 Å². The van der Waals surface area contributed by atoms with Gasteiger partial charge in [-0.25, -0.2) is 9.37 Å². The molecule has 0 amide bonds. The number of H-pyrrole nitrogens is 1. The zero-order valence-electron chi connectivity index (χ0n) is 22.5. The molecule has 3 aromatic heterocycles. The van der Waals surface area contributed by atoms with Gasteiger partial charge in [-0.15, -0.1) is 0 Å². The first-order valence-electron chi connectivity index (χ1n) is 13.9. The summed E-state index contributed by atoms with van der Waals surface area (Å²) >= 11 is 0. The van der Waals surface area contributed by atoms with E-state index in [1.165, 1.54) is 17.6 Å². The maximum absolute atomic E-state index is 15.3. The van der Waals surface area contributed by atoms with Gasteiger partial charge in [0.05, 0.1) is 16.5 Å². The van der Waals surface area contributed by atoms with Crippen LogP contribution in [0.5, 0.6) is 0 Å². The van der Waals surface area contributed by atoms with E-state index in [0.29, 0.717) is 34.0 Å². The fourth-order valence-electron chi connectivity index (χ4n) is 5.82. The first-order chi connectivity index (χ1) is 20.0. The lowest BCUT2D eigenvalue weighted by molar-refractivity contribution is -0.142. The monoisotopic (exact) mass is 552 g/mol. The fourth-order valence-corrected chi connectivity index (χ4v) is 5.82. The number of esters is 1. The van der Waals surface area contributed by atoms with Crippen molar-refractivity contribution in [2.45, 2.75) is 44.8 Å². The minimum Gasteiger partial charge on any atom is -0.461 e. The van der Waals surface area contributed by atoms with Crippen molar-refractivity contribution in [2.75, 3.05) is 18.4 Å². The first-order valence-corrected chi connectivity index (χ1v) is 13.9. The highest BCUT2D eigenvalue weighted by Gasteiger charge is 2.26. The summed E-state index contributed by atoms with van der Waals surface area (Å²) in [5.41, 5.74) is 3.76. The molecule has 10 heteroatoms. The maximum Gasteiger partial charge on any atom is 0.302 e. The summed E-state index contributed by atoms with van der Waals surface area (Å²) in [6.45, 7) is 3.03. The topological polar surface area (TPSA) is 114 Å². The van der Waals surface area contributed by atoms with E-state index >= 15 is 4.39 Å². The Morgan fingerprint density at radius 3 is 2.80 bits per heavy atom. The van der Waals surface area contributed by atoms with E-state index in [0.717, 1.165) is 54.4 Å². The van der Waals surface area contributed by atoms with Crippen LogP contribution in [0.3, 0.4) is 0 Å². The molecule has 4 heterocycles. The van der Waals surface area contributed by atoms with Crippen LogP contribution in [-0.4, -0.2) is 44.8 Å². The van der Waals surface area contributed by atoms with E-state index in [9.17, 15) is 9.59 Å². The predicted octanol–water partition coefficient (Wildman–Crippen LogP) is 4.78. The molecule has 0 spiro atoms. The van der Waals surface area contributed by atoms with Crippen molar-refractivity contribution in [3.8, 4) is 16.8 Å². The van der Waals surface area contributed by atoms with Crippen LogP contribution in [-0.2, 0) is 16.1 Å². The molecule has 208 valence electrons. The summed E-state index contributed by atoms with van der Waals surface area (Å²) in [6.07, 6.45) is 6.41. The molecule has 2 aromatic carbocycles. The number of halogens is 1. The number of hydrogen-bond acceptors (Lipinski definition) is 7. The van der Waals surface area contributed by atoms with E-state index in [1.54, 1.807) is 24.5 Å². The number of nitrogens with zero attached hydrogens (tertiary/aromatic N) is 3. The molecule has 0 radical (unpaired) electrons. The van der Waals surface area contributed by atoms with Crippen LogP contribution >= 0.6 is 0 Å². The molecule has 1 saturated heterocycles. The Hall–Kier alpha value is -4.57. The number of pyridine rings is 2. The molecule has 3 N–H and O–H groups in total. The van der Waals surface area contributed by atoms with Gasteiger partial charge in [-0.05, 0) is 78.1 Å². The van der Waals surface area contributed by atoms with Gasteiger partial charge in [0, 0.05) is 37.5 Å². The summed E-state index contributed by atoms with van der Waals surface area (Å²) in [5.74, 6) is 0.0761. The van der Waals surface area contributed by atoms with Crippen LogP contribution in [0.25, 0.3) is 38.6 Å². The number of carbonyl (C=O) groups is 1. The molecule has 41 heavy (non-hydrogen) atoms. The summed E-state index contributed by atoms with van der Waals surface area (Å²) in [4.78, 5) is 30.2. The highest BCUT2D eigenvalue weighted by Crippen LogP contribution is 2.41. The SMILES string of the molecule is CC(=O)OCc1c(-c2ccnc3[nH]nc(N[C@@H]4CCNC4)c23)cccc1-n1ccc2cc(C3CC3)cc(F)c2c1=O. The standard InChI is InChI=1S/C31H29FN6O3/c1-17(39)41-16-24-22(23-8-11-34-29-28(23)30(37-36-29)35-21-7-10-33-15-21)3-2-4-26(24)38-12-9-19-13-20(18-5-6-18)14-25(32)27(19)31(38)40/h2-4,8-9,11-14,18,21,33H,5-7,10,15-16H2,1H3,(H2,34,35,36,37)/t21-/m1/s1. The number of rotatable bonds is 7. The largest absolute Gasteiger partial charge is 0.461 e. The Bertz CT molecular complexity index is 1870. The molecule has 1 aliphatic carbocycles. The van der Waals surface area contributed by atoms with Crippen molar-refractivity contribution < 1.29 is 13.9 Å². The third-order valence-electron chi connectivity index (χ3n) is 8.01. The highest BCUT2D eigenvalue weighted by atomic mass is 19.1. The number of carbonyl (C=O) groups excluding carboxylic acids is 1. The smallest absolute Gasteiger partial charge is 0.302 e. The first kappa shape index (κ1) is 25.4. The van der Waals surface area contributed by atoms with E-state index in [1.807, 2.05) is 24.3 Å². The van der Waals surface area contributed by atoms with Gasteiger partial charge in [-0.3, -0.25) is 19.3 Å². The van der Waals surface area contributed by atoms with Crippen molar-refractivity contribution in [3.63, 3.8) is 0 Å². The molecule has 9 nitrogen and oxygen atoms in total. The van der Waals surface area contributed by atoms with Crippen LogP contribution in [0.2, 0.25) is 0 Å². The van der Waals surface area contributed by atoms with Crippen LogP contribution in [0.15, 0.2) is 59.7 Å². The van der Waals surface area contributed by atoms with E-state index in [4.69, 9.17) is 4.74 Å². The van der Waals surface area contributed by atoms with E-state index in [2.05, 4.69) is 25.8 Å². The quantitative estimate of drug-likeness (QED) is 0.249.